The zero-order chi connectivity index (χ0) is 13.1. The lowest BCUT2D eigenvalue weighted by atomic mass is 10.1. The van der Waals surface area contributed by atoms with Gasteiger partial charge >= 0.3 is 0 Å². The van der Waals surface area contributed by atoms with E-state index in [-0.39, 0.29) is 6.61 Å². The van der Waals surface area contributed by atoms with E-state index < -0.39 is 0 Å². The van der Waals surface area contributed by atoms with Crippen molar-refractivity contribution in [2.24, 2.45) is 0 Å². The third-order valence-electron chi connectivity index (χ3n) is 3.15. The van der Waals surface area contributed by atoms with Gasteiger partial charge < -0.3 is 9.67 Å². The standard InChI is InChI=1S/C15H16N2O/c1-3-17-11(2)8-14(9-16)15(17)13-6-4-12(10-18)5-7-13/h4-8,18H,3,10H2,1-2H3. The quantitative estimate of drug-likeness (QED) is 0.896. The van der Waals surface area contributed by atoms with Crippen molar-refractivity contribution in [3.63, 3.8) is 0 Å². The fourth-order valence-electron chi connectivity index (χ4n) is 2.25. The number of hydrogen-bond acceptors (Lipinski definition) is 2. The highest BCUT2D eigenvalue weighted by Gasteiger charge is 2.13. The first-order valence-electron chi connectivity index (χ1n) is 6.01. The zero-order valence-corrected chi connectivity index (χ0v) is 10.6. The average Bonchev–Trinajstić information content (AvgIpc) is 2.74. The van der Waals surface area contributed by atoms with Gasteiger partial charge in [-0.05, 0) is 31.0 Å². The van der Waals surface area contributed by atoms with Crippen molar-refractivity contribution in [2.75, 3.05) is 0 Å². The molecular formula is C15H16N2O. The predicted octanol–water partition coefficient (Wildman–Crippen LogP) is 2.85. The molecule has 3 nitrogen and oxygen atoms in total. The summed E-state index contributed by atoms with van der Waals surface area (Å²) >= 11 is 0. The number of nitriles is 1. The lowest BCUT2D eigenvalue weighted by molar-refractivity contribution is 0.282. The van der Waals surface area contributed by atoms with Gasteiger partial charge in [0, 0.05) is 12.2 Å². The third-order valence-corrected chi connectivity index (χ3v) is 3.15. The predicted molar refractivity (Wildman–Crippen MR) is 70.9 cm³/mol. The highest BCUT2D eigenvalue weighted by atomic mass is 16.3. The van der Waals surface area contributed by atoms with E-state index in [1.54, 1.807) is 0 Å². The van der Waals surface area contributed by atoms with Crippen molar-refractivity contribution in [1.29, 1.82) is 5.26 Å². The molecule has 0 aliphatic rings. The zero-order valence-electron chi connectivity index (χ0n) is 10.6. The van der Waals surface area contributed by atoms with Crippen molar-refractivity contribution in [2.45, 2.75) is 27.0 Å². The van der Waals surface area contributed by atoms with E-state index in [0.29, 0.717) is 5.56 Å². The lowest BCUT2D eigenvalue weighted by Crippen LogP contribution is -1.99. The van der Waals surface area contributed by atoms with Gasteiger partial charge in [-0.25, -0.2) is 0 Å². The second kappa shape index (κ2) is 5.07. The summed E-state index contributed by atoms with van der Waals surface area (Å²) in [5, 5.41) is 18.3. The molecule has 0 radical (unpaired) electrons. The van der Waals surface area contributed by atoms with E-state index in [4.69, 9.17) is 5.11 Å². The molecule has 1 heterocycles. The van der Waals surface area contributed by atoms with Gasteiger partial charge in [0.2, 0.25) is 0 Å². The maximum atomic E-state index is 9.21. The molecule has 92 valence electrons. The first kappa shape index (κ1) is 12.4. The summed E-state index contributed by atoms with van der Waals surface area (Å²) < 4.78 is 2.13. The highest BCUT2D eigenvalue weighted by Crippen LogP contribution is 2.27. The minimum Gasteiger partial charge on any atom is -0.392 e. The summed E-state index contributed by atoms with van der Waals surface area (Å²) in [6, 6.07) is 11.8. The van der Waals surface area contributed by atoms with Crippen LogP contribution in [0.25, 0.3) is 11.3 Å². The summed E-state index contributed by atoms with van der Waals surface area (Å²) in [7, 11) is 0. The minimum atomic E-state index is 0.0409. The lowest BCUT2D eigenvalue weighted by Gasteiger charge is -2.10. The van der Waals surface area contributed by atoms with Crippen LogP contribution in [-0.4, -0.2) is 9.67 Å². The molecule has 1 N–H and O–H groups in total. The van der Waals surface area contributed by atoms with Crippen LogP contribution in [0.5, 0.6) is 0 Å². The number of aliphatic hydroxyl groups excluding tert-OH is 1. The second-order valence-electron chi connectivity index (χ2n) is 4.26. The molecule has 0 bridgehead atoms. The molecule has 0 atom stereocenters. The maximum absolute atomic E-state index is 9.21. The van der Waals surface area contributed by atoms with Gasteiger partial charge in [-0.2, -0.15) is 5.26 Å². The van der Waals surface area contributed by atoms with E-state index in [1.165, 1.54) is 0 Å². The van der Waals surface area contributed by atoms with Crippen LogP contribution in [0.3, 0.4) is 0 Å². The van der Waals surface area contributed by atoms with Crippen LogP contribution in [0.1, 0.15) is 23.7 Å². The molecule has 0 aliphatic heterocycles. The van der Waals surface area contributed by atoms with E-state index in [0.717, 1.165) is 29.1 Å². The monoisotopic (exact) mass is 240 g/mol. The van der Waals surface area contributed by atoms with Gasteiger partial charge in [0.25, 0.3) is 0 Å². The molecule has 2 aromatic rings. The van der Waals surface area contributed by atoms with Gasteiger partial charge in [-0.15, -0.1) is 0 Å². The van der Waals surface area contributed by atoms with E-state index in [9.17, 15) is 5.26 Å². The van der Waals surface area contributed by atoms with Crippen LogP contribution in [-0.2, 0) is 13.2 Å². The molecule has 0 saturated heterocycles. The van der Waals surface area contributed by atoms with Crippen LogP contribution < -0.4 is 0 Å². The fourth-order valence-corrected chi connectivity index (χ4v) is 2.25. The Labute approximate surface area is 107 Å². The van der Waals surface area contributed by atoms with Gasteiger partial charge in [-0.1, -0.05) is 24.3 Å². The highest BCUT2D eigenvalue weighted by molar-refractivity contribution is 5.69. The van der Waals surface area contributed by atoms with E-state index >= 15 is 0 Å². The van der Waals surface area contributed by atoms with Gasteiger partial charge in [-0.3, -0.25) is 0 Å². The summed E-state index contributed by atoms with van der Waals surface area (Å²) in [4.78, 5) is 0. The van der Waals surface area contributed by atoms with Crippen molar-refractivity contribution in [3.8, 4) is 17.3 Å². The Morgan fingerprint density at radius 2 is 1.94 bits per heavy atom. The molecular weight excluding hydrogens is 224 g/mol. The molecule has 0 amide bonds. The normalized spacial score (nSPS) is 10.3. The molecule has 0 fully saturated rings. The number of nitrogens with zero attached hydrogens (tertiary/aromatic N) is 2. The third kappa shape index (κ3) is 2.03. The number of aromatic nitrogens is 1. The van der Waals surface area contributed by atoms with Crippen LogP contribution >= 0.6 is 0 Å². The minimum absolute atomic E-state index is 0.0409. The summed E-state index contributed by atoms with van der Waals surface area (Å²) in [5.41, 5.74) is 4.64. The molecule has 18 heavy (non-hydrogen) atoms. The van der Waals surface area contributed by atoms with Gasteiger partial charge in [0.1, 0.15) is 6.07 Å². The Balaban J connectivity index is 2.58. The van der Waals surface area contributed by atoms with E-state index in [2.05, 4.69) is 17.6 Å². The maximum Gasteiger partial charge on any atom is 0.101 e. The van der Waals surface area contributed by atoms with Gasteiger partial charge in [0.05, 0.1) is 17.9 Å². The average molecular weight is 240 g/mol. The second-order valence-corrected chi connectivity index (χ2v) is 4.26. The Morgan fingerprint density at radius 3 is 2.44 bits per heavy atom. The molecule has 1 aromatic heterocycles. The Morgan fingerprint density at radius 1 is 1.28 bits per heavy atom. The largest absolute Gasteiger partial charge is 0.392 e. The van der Waals surface area contributed by atoms with Crippen LogP contribution in [0.2, 0.25) is 0 Å². The topological polar surface area (TPSA) is 49.0 Å². The summed E-state index contributed by atoms with van der Waals surface area (Å²) in [6.45, 7) is 4.96. The number of rotatable bonds is 3. The number of aryl methyl sites for hydroxylation is 1. The molecule has 3 heteroatoms. The Hall–Kier alpha value is -2.05. The smallest absolute Gasteiger partial charge is 0.101 e. The Bertz CT molecular complexity index is 588. The summed E-state index contributed by atoms with van der Waals surface area (Å²) in [6.07, 6.45) is 0. The van der Waals surface area contributed by atoms with Crippen molar-refractivity contribution < 1.29 is 5.11 Å². The SMILES string of the molecule is CCn1c(C)cc(C#N)c1-c1ccc(CO)cc1. The van der Waals surface area contributed by atoms with E-state index in [1.807, 2.05) is 37.3 Å². The number of aliphatic hydroxyl groups is 1. The fraction of sp³-hybridized carbons (Fsp3) is 0.267. The van der Waals surface area contributed by atoms with Gasteiger partial charge in [0.15, 0.2) is 0 Å². The first-order valence-corrected chi connectivity index (χ1v) is 6.01. The molecule has 0 saturated carbocycles. The molecule has 0 spiro atoms. The van der Waals surface area contributed by atoms with Crippen molar-refractivity contribution in [3.05, 3.63) is 47.2 Å². The van der Waals surface area contributed by atoms with Crippen LogP contribution in [0.15, 0.2) is 30.3 Å². The summed E-state index contributed by atoms with van der Waals surface area (Å²) in [5.74, 6) is 0. The van der Waals surface area contributed by atoms with Crippen molar-refractivity contribution >= 4 is 0 Å². The first-order chi connectivity index (χ1) is 8.71. The molecule has 1 aromatic carbocycles. The Kier molecular flexibility index (Phi) is 3.50. The molecule has 2 rings (SSSR count). The number of benzene rings is 1. The van der Waals surface area contributed by atoms with Crippen molar-refractivity contribution in [1.82, 2.24) is 4.57 Å². The van der Waals surface area contributed by atoms with Crippen LogP contribution in [0.4, 0.5) is 0 Å². The van der Waals surface area contributed by atoms with Crippen LogP contribution in [0, 0.1) is 18.3 Å². The molecule has 0 unspecified atom stereocenters. The molecule has 0 aliphatic carbocycles. The number of hydrogen-bond donors (Lipinski definition) is 1.